The molecule has 9 aromatic carbocycles. The molecule has 2 heterocycles. The molecule has 11 aromatic rings. The Morgan fingerprint density at radius 2 is 0.857 bits per heavy atom. The van der Waals surface area contributed by atoms with Crippen molar-refractivity contribution in [3.63, 3.8) is 0 Å². The van der Waals surface area contributed by atoms with Crippen molar-refractivity contribution >= 4 is 21.9 Å². The van der Waals surface area contributed by atoms with Crippen LogP contribution in [0.5, 0.6) is 0 Å². The molecule has 0 unspecified atom stereocenters. The number of rotatable bonds is 8. The van der Waals surface area contributed by atoms with Gasteiger partial charge in [-0.1, -0.05) is 176 Å². The minimum Gasteiger partial charge on any atom is -0.436 e. The molecule has 0 aliphatic heterocycles. The first-order valence-electron chi connectivity index (χ1n) is 20.8. The number of para-hydroxylation sites is 2. The number of benzene rings is 9. The summed E-state index contributed by atoms with van der Waals surface area (Å²) in [5, 5.41) is 11.8. The topological polar surface area (TPSA) is 88.5 Å². The van der Waals surface area contributed by atoms with Gasteiger partial charge in [0.25, 0.3) is 0 Å². The van der Waals surface area contributed by atoms with E-state index in [1.165, 1.54) is 0 Å². The lowest BCUT2D eigenvalue weighted by Crippen LogP contribution is -2.00. The summed E-state index contributed by atoms with van der Waals surface area (Å²) in [6.45, 7) is 0. The largest absolute Gasteiger partial charge is 0.436 e. The number of hydrogen-bond acceptors (Lipinski definition) is 6. The SMILES string of the molecule is N#Cc1ccc(-c2cccc(-c3ccc(-c4nc5ccccc5o4)c4ccccc34)c2-c2cccc(-c3ccc(-c4nc(-c5ccccc5)nc(-c5ccccc5)n4)cc3)c2)cc1. The zero-order valence-corrected chi connectivity index (χ0v) is 33.9. The van der Waals surface area contributed by atoms with Crippen LogP contribution in [0.25, 0.3) is 112 Å². The van der Waals surface area contributed by atoms with Crippen LogP contribution in [0.15, 0.2) is 217 Å². The average Bonchev–Trinajstić information content (AvgIpc) is 3.81. The summed E-state index contributed by atoms with van der Waals surface area (Å²) >= 11 is 0. The molecule has 63 heavy (non-hydrogen) atoms. The van der Waals surface area contributed by atoms with Crippen molar-refractivity contribution in [2.75, 3.05) is 0 Å². The van der Waals surface area contributed by atoms with Crippen LogP contribution in [0.3, 0.4) is 0 Å². The van der Waals surface area contributed by atoms with Crippen LogP contribution < -0.4 is 0 Å². The van der Waals surface area contributed by atoms with E-state index in [0.717, 1.165) is 88.6 Å². The fraction of sp³-hybridized carbons (Fsp3) is 0. The van der Waals surface area contributed by atoms with Crippen molar-refractivity contribution < 1.29 is 4.42 Å². The Morgan fingerprint density at radius 3 is 1.52 bits per heavy atom. The molecule has 6 heteroatoms. The van der Waals surface area contributed by atoms with Gasteiger partial charge in [-0.05, 0) is 91.7 Å². The lowest BCUT2D eigenvalue weighted by Gasteiger charge is -2.19. The predicted molar refractivity (Wildman–Crippen MR) is 253 cm³/mol. The Hall–Kier alpha value is -8.79. The van der Waals surface area contributed by atoms with Gasteiger partial charge < -0.3 is 4.42 Å². The van der Waals surface area contributed by atoms with Gasteiger partial charge in [0.15, 0.2) is 23.1 Å². The molecule has 0 atom stereocenters. The van der Waals surface area contributed by atoms with Gasteiger partial charge in [0.05, 0.1) is 11.6 Å². The summed E-state index contributed by atoms with van der Waals surface area (Å²) in [5.41, 5.74) is 14.4. The van der Waals surface area contributed by atoms with E-state index in [2.05, 4.69) is 109 Å². The number of aromatic nitrogens is 4. The fourth-order valence-corrected chi connectivity index (χ4v) is 8.36. The summed E-state index contributed by atoms with van der Waals surface area (Å²) in [6.07, 6.45) is 0. The lowest BCUT2D eigenvalue weighted by molar-refractivity contribution is 0.620. The maximum absolute atomic E-state index is 9.64. The first-order chi connectivity index (χ1) is 31.2. The standard InChI is InChI=1S/C57H35N5O/c58-36-37-25-27-39(28-26-37)45-21-12-22-49(48-33-34-50(47-20-8-7-19-46(47)48)57-59-51-23-9-10-24-52(51)63-57)53(45)44-18-11-17-43(35-44)38-29-31-42(32-30-38)56-61-54(40-13-3-1-4-14-40)60-55(62-56)41-15-5-2-6-16-41/h1-35H. The minimum absolute atomic E-state index is 0.591. The first kappa shape index (κ1) is 37.2. The quantitative estimate of drug-likeness (QED) is 0.152. The van der Waals surface area contributed by atoms with Crippen LogP contribution in [-0.2, 0) is 0 Å². The monoisotopic (exact) mass is 805 g/mol. The fourth-order valence-electron chi connectivity index (χ4n) is 8.36. The Morgan fingerprint density at radius 1 is 0.349 bits per heavy atom. The summed E-state index contributed by atoms with van der Waals surface area (Å²) in [4.78, 5) is 19.6. The van der Waals surface area contributed by atoms with E-state index in [-0.39, 0.29) is 0 Å². The van der Waals surface area contributed by atoms with Gasteiger partial charge >= 0.3 is 0 Å². The van der Waals surface area contributed by atoms with Crippen LogP contribution in [-0.4, -0.2) is 19.9 Å². The number of hydrogen-bond donors (Lipinski definition) is 0. The second-order valence-electron chi connectivity index (χ2n) is 15.3. The van der Waals surface area contributed by atoms with E-state index in [4.69, 9.17) is 24.4 Å². The van der Waals surface area contributed by atoms with E-state index < -0.39 is 0 Å². The molecule has 0 saturated heterocycles. The molecule has 0 aliphatic carbocycles. The molecular weight excluding hydrogens is 771 g/mol. The molecule has 0 saturated carbocycles. The van der Waals surface area contributed by atoms with Crippen LogP contribution in [0.1, 0.15) is 5.56 Å². The first-order valence-corrected chi connectivity index (χ1v) is 20.8. The second-order valence-corrected chi connectivity index (χ2v) is 15.3. The number of fused-ring (bicyclic) bond motifs is 2. The van der Waals surface area contributed by atoms with Gasteiger partial charge in [-0.3, -0.25) is 0 Å². The van der Waals surface area contributed by atoms with Crippen LogP contribution in [0, 0.1) is 11.3 Å². The highest BCUT2D eigenvalue weighted by Crippen LogP contribution is 2.45. The van der Waals surface area contributed by atoms with Crippen LogP contribution in [0.2, 0.25) is 0 Å². The maximum Gasteiger partial charge on any atom is 0.227 e. The number of nitriles is 1. The molecule has 2 aromatic heterocycles. The summed E-state index contributed by atoms with van der Waals surface area (Å²) < 4.78 is 6.29. The lowest BCUT2D eigenvalue weighted by atomic mass is 9.84. The van der Waals surface area contributed by atoms with Crippen molar-refractivity contribution in [1.29, 1.82) is 5.26 Å². The molecule has 0 aliphatic rings. The summed E-state index contributed by atoms with van der Waals surface area (Å²) in [7, 11) is 0. The van der Waals surface area contributed by atoms with Gasteiger partial charge in [0.1, 0.15) is 5.52 Å². The smallest absolute Gasteiger partial charge is 0.227 e. The molecular formula is C57H35N5O. The Kier molecular flexibility index (Phi) is 9.45. The minimum atomic E-state index is 0.591. The van der Waals surface area contributed by atoms with Crippen molar-refractivity contribution in [2.24, 2.45) is 0 Å². The Bertz CT molecular complexity index is 3410. The van der Waals surface area contributed by atoms with E-state index in [1.807, 2.05) is 109 Å². The van der Waals surface area contributed by atoms with Crippen molar-refractivity contribution in [2.45, 2.75) is 0 Å². The molecule has 0 fully saturated rings. The molecule has 0 radical (unpaired) electrons. The highest BCUT2D eigenvalue weighted by molar-refractivity contribution is 6.08. The third kappa shape index (κ3) is 7.10. The molecule has 0 amide bonds. The van der Waals surface area contributed by atoms with Crippen molar-refractivity contribution in [3.05, 3.63) is 218 Å². The Labute approximate surface area is 364 Å². The van der Waals surface area contributed by atoms with Crippen molar-refractivity contribution in [3.8, 4) is 96.2 Å². The van der Waals surface area contributed by atoms with E-state index >= 15 is 0 Å². The molecule has 0 N–H and O–H groups in total. The van der Waals surface area contributed by atoms with Crippen LogP contribution in [0.4, 0.5) is 0 Å². The van der Waals surface area contributed by atoms with Gasteiger partial charge in [-0.15, -0.1) is 0 Å². The van der Waals surface area contributed by atoms with E-state index in [1.54, 1.807) is 0 Å². The average molecular weight is 806 g/mol. The Balaban J connectivity index is 1.03. The molecule has 0 bridgehead atoms. The third-order valence-corrected chi connectivity index (χ3v) is 11.5. The highest BCUT2D eigenvalue weighted by Gasteiger charge is 2.20. The zero-order valence-electron chi connectivity index (χ0n) is 33.9. The molecule has 6 nitrogen and oxygen atoms in total. The third-order valence-electron chi connectivity index (χ3n) is 11.5. The number of oxazole rings is 1. The molecule has 294 valence electrons. The highest BCUT2D eigenvalue weighted by atomic mass is 16.3. The maximum atomic E-state index is 9.64. The number of nitrogens with zero attached hydrogens (tertiary/aromatic N) is 5. The predicted octanol–water partition coefficient (Wildman–Crippen LogP) is 14.4. The van der Waals surface area contributed by atoms with Gasteiger partial charge in [0.2, 0.25) is 5.89 Å². The normalized spacial score (nSPS) is 11.2. The van der Waals surface area contributed by atoms with Crippen molar-refractivity contribution in [1.82, 2.24) is 19.9 Å². The molecule has 11 rings (SSSR count). The molecule has 0 spiro atoms. The second kappa shape index (κ2) is 16.0. The van der Waals surface area contributed by atoms with Gasteiger partial charge in [-0.25, -0.2) is 19.9 Å². The zero-order chi connectivity index (χ0) is 42.1. The summed E-state index contributed by atoms with van der Waals surface area (Å²) in [5.74, 6) is 2.45. The van der Waals surface area contributed by atoms with E-state index in [0.29, 0.717) is 28.9 Å². The van der Waals surface area contributed by atoms with Gasteiger partial charge in [0, 0.05) is 22.3 Å². The van der Waals surface area contributed by atoms with E-state index in [9.17, 15) is 5.26 Å². The summed E-state index contributed by atoms with van der Waals surface area (Å²) in [6, 6.07) is 74.4. The van der Waals surface area contributed by atoms with Crippen LogP contribution >= 0.6 is 0 Å². The van der Waals surface area contributed by atoms with Gasteiger partial charge in [-0.2, -0.15) is 5.26 Å².